The minimum atomic E-state index is -1.05. The second-order valence-corrected chi connectivity index (χ2v) is 4.95. The molecule has 7 heteroatoms. The van der Waals surface area contributed by atoms with Gasteiger partial charge in [0.05, 0.1) is 5.01 Å². The molecule has 0 spiro atoms. The van der Waals surface area contributed by atoms with Crippen molar-refractivity contribution in [1.82, 2.24) is 15.2 Å². The first kappa shape index (κ1) is 15.2. The molecule has 6 nitrogen and oxygen atoms in total. The Balaban J connectivity index is 2.47. The first-order valence-electron chi connectivity index (χ1n) is 5.79. The third-order valence-corrected chi connectivity index (χ3v) is 3.40. The van der Waals surface area contributed by atoms with Crippen LogP contribution in [0.1, 0.15) is 17.8 Å². The van der Waals surface area contributed by atoms with Gasteiger partial charge in [0.15, 0.2) is 0 Å². The Bertz CT molecular complexity index is 433. The molecule has 104 valence electrons. The van der Waals surface area contributed by atoms with E-state index in [9.17, 15) is 9.59 Å². The summed E-state index contributed by atoms with van der Waals surface area (Å²) in [5.41, 5.74) is 0. The predicted molar refractivity (Wildman–Crippen MR) is 73.3 cm³/mol. The SMILES string of the molecule is C=CCN(CC(=O)O)C(=O)NCC(C)c1nccs1. The molecule has 2 amide bonds. The minimum absolute atomic E-state index is 0.0966. The van der Waals surface area contributed by atoms with Crippen molar-refractivity contribution in [2.75, 3.05) is 19.6 Å². The Morgan fingerprint density at radius 1 is 1.68 bits per heavy atom. The summed E-state index contributed by atoms with van der Waals surface area (Å²) >= 11 is 1.53. The van der Waals surface area contributed by atoms with Gasteiger partial charge in [0.1, 0.15) is 6.54 Å². The predicted octanol–water partition coefficient (Wildman–Crippen LogP) is 1.53. The van der Waals surface area contributed by atoms with Crippen molar-refractivity contribution >= 4 is 23.3 Å². The normalized spacial score (nSPS) is 11.6. The van der Waals surface area contributed by atoms with Gasteiger partial charge in [-0.05, 0) is 0 Å². The maximum absolute atomic E-state index is 11.8. The van der Waals surface area contributed by atoms with Gasteiger partial charge in [-0.25, -0.2) is 9.78 Å². The Kier molecular flexibility index (Phi) is 6.01. The highest BCUT2D eigenvalue weighted by Crippen LogP contribution is 2.16. The highest BCUT2D eigenvalue weighted by atomic mass is 32.1. The van der Waals surface area contributed by atoms with E-state index in [0.29, 0.717) is 6.54 Å². The Morgan fingerprint density at radius 2 is 2.42 bits per heavy atom. The summed E-state index contributed by atoms with van der Waals surface area (Å²) in [6, 6.07) is -0.411. The standard InChI is InChI=1S/C12H17N3O3S/c1-3-5-15(8-10(16)17)12(18)14-7-9(2)11-13-4-6-19-11/h3-4,6,9H,1,5,7-8H2,2H3,(H,14,18)(H,16,17). The maximum Gasteiger partial charge on any atom is 0.323 e. The molecule has 0 fully saturated rings. The summed E-state index contributed by atoms with van der Waals surface area (Å²) in [4.78, 5) is 27.8. The summed E-state index contributed by atoms with van der Waals surface area (Å²) < 4.78 is 0. The Morgan fingerprint density at radius 3 is 2.95 bits per heavy atom. The van der Waals surface area contributed by atoms with Crippen molar-refractivity contribution in [3.63, 3.8) is 0 Å². The lowest BCUT2D eigenvalue weighted by atomic mass is 10.2. The van der Waals surface area contributed by atoms with Crippen LogP contribution in [0.25, 0.3) is 0 Å². The second kappa shape index (κ2) is 7.52. The van der Waals surface area contributed by atoms with Gasteiger partial charge in [0.2, 0.25) is 0 Å². The summed E-state index contributed by atoms with van der Waals surface area (Å²) in [7, 11) is 0. The maximum atomic E-state index is 11.8. The number of amides is 2. The van der Waals surface area contributed by atoms with E-state index in [1.54, 1.807) is 6.20 Å². The zero-order chi connectivity index (χ0) is 14.3. The van der Waals surface area contributed by atoms with E-state index in [-0.39, 0.29) is 19.0 Å². The van der Waals surface area contributed by atoms with E-state index in [4.69, 9.17) is 5.11 Å². The third kappa shape index (κ3) is 5.09. The van der Waals surface area contributed by atoms with Crippen LogP contribution in [-0.4, -0.2) is 46.6 Å². The smallest absolute Gasteiger partial charge is 0.323 e. The largest absolute Gasteiger partial charge is 0.480 e. The van der Waals surface area contributed by atoms with Gasteiger partial charge in [-0.3, -0.25) is 4.79 Å². The number of nitrogens with zero attached hydrogens (tertiary/aromatic N) is 2. The molecule has 0 bridgehead atoms. The molecule has 1 rings (SSSR count). The van der Waals surface area contributed by atoms with Crippen molar-refractivity contribution in [2.24, 2.45) is 0 Å². The van der Waals surface area contributed by atoms with E-state index < -0.39 is 12.0 Å². The molecule has 1 aromatic heterocycles. The lowest BCUT2D eigenvalue weighted by molar-refractivity contribution is -0.137. The Labute approximate surface area is 115 Å². The van der Waals surface area contributed by atoms with Crippen LogP contribution in [0.2, 0.25) is 0 Å². The van der Waals surface area contributed by atoms with Crippen LogP contribution in [0.4, 0.5) is 4.79 Å². The number of rotatable bonds is 7. The van der Waals surface area contributed by atoms with Crippen molar-refractivity contribution in [2.45, 2.75) is 12.8 Å². The topological polar surface area (TPSA) is 82.5 Å². The van der Waals surface area contributed by atoms with Crippen molar-refractivity contribution < 1.29 is 14.7 Å². The molecule has 0 saturated carbocycles. The first-order valence-corrected chi connectivity index (χ1v) is 6.67. The number of aromatic nitrogens is 1. The zero-order valence-electron chi connectivity index (χ0n) is 10.7. The van der Waals surface area contributed by atoms with E-state index in [1.165, 1.54) is 22.3 Å². The van der Waals surface area contributed by atoms with Crippen LogP contribution in [0, 0.1) is 0 Å². The first-order chi connectivity index (χ1) is 9.04. The van der Waals surface area contributed by atoms with Gasteiger partial charge < -0.3 is 15.3 Å². The molecule has 1 unspecified atom stereocenters. The average molecular weight is 283 g/mol. The fourth-order valence-electron chi connectivity index (χ4n) is 1.46. The van der Waals surface area contributed by atoms with Crippen LogP contribution in [0.15, 0.2) is 24.2 Å². The summed E-state index contributed by atoms with van der Waals surface area (Å²) in [6.45, 7) is 5.73. The quantitative estimate of drug-likeness (QED) is 0.743. The van der Waals surface area contributed by atoms with Crippen LogP contribution in [0.5, 0.6) is 0 Å². The number of aliphatic carboxylic acids is 1. The van der Waals surface area contributed by atoms with Crippen molar-refractivity contribution in [3.8, 4) is 0 Å². The molecule has 0 aliphatic carbocycles. The second-order valence-electron chi connectivity index (χ2n) is 4.02. The van der Waals surface area contributed by atoms with E-state index in [2.05, 4.69) is 16.9 Å². The summed E-state index contributed by atoms with van der Waals surface area (Å²) in [5.74, 6) is -0.954. The van der Waals surface area contributed by atoms with Crippen LogP contribution in [0.3, 0.4) is 0 Å². The Hall–Kier alpha value is -1.89. The monoisotopic (exact) mass is 283 g/mol. The van der Waals surface area contributed by atoms with Gasteiger partial charge in [0.25, 0.3) is 0 Å². The minimum Gasteiger partial charge on any atom is -0.480 e. The fraction of sp³-hybridized carbons (Fsp3) is 0.417. The van der Waals surface area contributed by atoms with Gasteiger partial charge in [-0.2, -0.15) is 0 Å². The van der Waals surface area contributed by atoms with Crippen molar-refractivity contribution in [1.29, 1.82) is 0 Å². The number of thiazole rings is 1. The molecule has 0 aliphatic heterocycles. The highest BCUT2D eigenvalue weighted by Gasteiger charge is 2.16. The van der Waals surface area contributed by atoms with Gasteiger partial charge in [-0.15, -0.1) is 17.9 Å². The lowest BCUT2D eigenvalue weighted by Gasteiger charge is -2.20. The highest BCUT2D eigenvalue weighted by molar-refractivity contribution is 7.09. The van der Waals surface area contributed by atoms with Gasteiger partial charge in [-0.1, -0.05) is 13.0 Å². The van der Waals surface area contributed by atoms with E-state index in [1.807, 2.05) is 12.3 Å². The molecule has 1 atom stereocenters. The summed E-state index contributed by atoms with van der Waals surface area (Å²) in [6.07, 6.45) is 3.21. The van der Waals surface area contributed by atoms with Gasteiger partial charge >= 0.3 is 12.0 Å². The number of carboxylic acids is 1. The summed E-state index contributed by atoms with van der Waals surface area (Å²) in [5, 5.41) is 14.2. The van der Waals surface area contributed by atoms with Crippen LogP contribution < -0.4 is 5.32 Å². The number of urea groups is 1. The number of nitrogens with one attached hydrogen (secondary N) is 1. The average Bonchev–Trinajstić information content (AvgIpc) is 2.88. The molecular formula is C12H17N3O3S. The molecule has 2 N–H and O–H groups in total. The van der Waals surface area contributed by atoms with Crippen LogP contribution in [-0.2, 0) is 4.79 Å². The number of hydrogen-bond donors (Lipinski definition) is 2. The molecule has 1 heterocycles. The number of carbonyl (C=O) groups is 2. The van der Waals surface area contributed by atoms with Crippen LogP contribution >= 0.6 is 11.3 Å². The molecule has 0 saturated heterocycles. The molecular weight excluding hydrogens is 266 g/mol. The molecule has 0 aromatic carbocycles. The lowest BCUT2D eigenvalue weighted by Crippen LogP contribution is -2.43. The molecule has 1 aromatic rings. The van der Waals surface area contributed by atoms with Crippen molar-refractivity contribution in [3.05, 3.63) is 29.2 Å². The van der Waals surface area contributed by atoms with E-state index >= 15 is 0 Å². The fourth-order valence-corrected chi connectivity index (χ4v) is 2.15. The number of carbonyl (C=O) groups excluding carboxylic acids is 1. The number of carboxylic acid groups (broad SMARTS) is 1. The van der Waals surface area contributed by atoms with Gasteiger partial charge in [0, 0.05) is 30.6 Å². The molecule has 19 heavy (non-hydrogen) atoms. The zero-order valence-corrected chi connectivity index (χ0v) is 11.5. The molecule has 0 radical (unpaired) electrons. The number of hydrogen-bond acceptors (Lipinski definition) is 4. The third-order valence-electron chi connectivity index (χ3n) is 2.40. The molecule has 0 aliphatic rings. The van der Waals surface area contributed by atoms with E-state index in [0.717, 1.165) is 5.01 Å².